The Morgan fingerprint density at radius 1 is 1.29 bits per heavy atom. The normalized spacial score (nSPS) is 16.6. The Kier molecular flexibility index (Phi) is 8.73. The molecule has 0 aromatic heterocycles. The van der Waals surface area contributed by atoms with Crippen molar-refractivity contribution in [3.8, 4) is 5.75 Å². The smallest absolute Gasteiger partial charge is 0.406 e. The van der Waals surface area contributed by atoms with Crippen LogP contribution in [0.2, 0.25) is 0 Å². The maximum absolute atomic E-state index is 12.8. The number of benzene rings is 1. The molecule has 0 aliphatic carbocycles. The molecule has 11 heteroatoms. The minimum Gasteiger partial charge on any atom is -0.406 e. The number of ether oxygens (including phenoxy) is 1. The van der Waals surface area contributed by atoms with E-state index in [1.807, 2.05) is 0 Å². The summed E-state index contributed by atoms with van der Waals surface area (Å²) in [7, 11) is -3.98. The van der Waals surface area contributed by atoms with Gasteiger partial charge in [-0.3, -0.25) is 9.69 Å². The van der Waals surface area contributed by atoms with Crippen molar-refractivity contribution in [3.05, 3.63) is 24.3 Å². The third kappa shape index (κ3) is 7.36. The van der Waals surface area contributed by atoms with Crippen LogP contribution in [0.3, 0.4) is 0 Å². The van der Waals surface area contributed by atoms with Gasteiger partial charge in [0.05, 0.1) is 4.90 Å². The predicted molar refractivity (Wildman–Crippen MR) is 110 cm³/mol. The first-order valence-electron chi connectivity index (χ1n) is 10.3. The number of halogens is 3. The quantitative estimate of drug-likeness (QED) is 0.607. The summed E-state index contributed by atoms with van der Waals surface area (Å²) in [5, 5.41) is 2.91. The van der Waals surface area contributed by atoms with E-state index in [-0.39, 0.29) is 29.8 Å². The number of sulfonamides is 1. The van der Waals surface area contributed by atoms with Gasteiger partial charge in [-0.15, -0.1) is 13.2 Å². The second kappa shape index (κ2) is 10.6. The summed E-state index contributed by atoms with van der Waals surface area (Å²) in [5.74, 6) is -0.983. The van der Waals surface area contributed by atoms with Crippen molar-refractivity contribution in [2.45, 2.75) is 50.9 Å². The topological polar surface area (TPSA) is 79.0 Å². The lowest BCUT2D eigenvalue weighted by Gasteiger charge is -2.31. The highest BCUT2D eigenvalue weighted by Gasteiger charge is 2.34. The number of hydrogen-bond donors (Lipinski definition) is 1. The monoisotopic (exact) mass is 465 g/mol. The molecule has 0 unspecified atom stereocenters. The molecule has 0 spiro atoms. The van der Waals surface area contributed by atoms with Crippen LogP contribution >= 0.6 is 0 Å². The lowest BCUT2D eigenvalue weighted by atomic mass is 9.97. The van der Waals surface area contributed by atoms with Gasteiger partial charge >= 0.3 is 6.36 Å². The number of piperidine rings is 1. The Hall–Kier alpha value is -1.85. The van der Waals surface area contributed by atoms with Gasteiger partial charge in [-0.1, -0.05) is 13.0 Å². The largest absolute Gasteiger partial charge is 0.573 e. The van der Waals surface area contributed by atoms with Crippen LogP contribution in [0.5, 0.6) is 5.75 Å². The summed E-state index contributed by atoms with van der Waals surface area (Å²) < 4.78 is 67.9. The average molecular weight is 466 g/mol. The van der Waals surface area contributed by atoms with Crippen molar-refractivity contribution in [3.63, 3.8) is 0 Å². The molecule has 176 valence electrons. The number of nitrogens with zero attached hydrogens (tertiary/aromatic N) is 2. The minimum absolute atomic E-state index is 0.0996. The fourth-order valence-corrected chi connectivity index (χ4v) is 5.09. The molecule has 1 amide bonds. The van der Waals surface area contributed by atoms with Gasteiger partial charge in [0.25, 0.3) is 0 Å². The van der Waals surface area contributed by atoms with Crippen LogP contribution in [0.1, 0.15) is 33.6 Å². The van der Waals surface area contributed by atoms with E-state index in [9.17, 15) is 26.4 Å². The van der Waals surface area contributed by atoms with Gasteiger partial charge in [0, 0.05) is 44.2 Å². The van der Waals surface area contributed by atoms with Crippen molar-refractivity contribution in [1.29, 1.82) is 0 Å². The molecule has 1 aliphatic heterocycles. The fraction of sp³-hybridized carbons (Fsp3) is 0.650. The number of likely N-dealkylation sites (N-methyl/N-ethyl adjacent to an activating group) is 1. The highest BCUT2D eigenvalue weighted by atomic mass is 32.2. The van der Waals surface area contributed by atoms with E-state index >= 15 is 0 Å². The molecule has 1 saturated heterocycles. The zero-order valence-electron chi connectivity index (χ0n) is 18.0. The SMILES string of the molecule is CCN(CCNC(=O)C1CCN(S(=O)(=O)c2cccc(OC(F)(F)F)c2)CC1)C(C)C. The number of hydrogen-bond acceptors (Lipinski definition) is 5. The van der Waals surface area contributed by atoms with E-state index in [1.54, 1.807) is 0 Å². The molecule has 1 N–H and O–H groups in total. The van der Waals surface area contributed by atoms with Crippen LogP contribution in [0, 0.1) is 5.92 Å². The van der Waals surface area contributed by atoms with Crippen LogP contribution in [-0.2, 0) is 14.8 Å². The lowest BCUT2D eigenvalue weighted by Crippen LogP contribution is -2.44. The molecule has 1 fully saturated rings. The average Bonchev–Trinajstić information content (AvgIpc) is 2.69. The molecule has 0 bridgehead atoms. The first kappa shape index (κ1) is 25.4. The highest BCUT2D eigenvalue weighted by molar-refractivity contribution is 7.89. The molecule has 0 atom stereocenters. The summed E-state index contributed by atoms with van der Waals surface area (Å²) in [5.41, 5.74) is 0. The van der Waals surface area contributed by atoms with Crippen LogP contribution in [-0.4, -0.2) is 68.7 Å². The summed E-state index contributed by atoms with van der Waals surface area (Å²) in [4.78, 5) is 14.4. The molecule has 1 heterocycles. The molecule has 1 aromatic rings. The van der Waals surface area contributed by atoms with Crippen molar-refractivity contribution >= 4 is 15.9 Å². The Bertz CT molecular complexity index is 838. The Morgan fingerprint density at radius 2 is 1.94 bits per heavy atom. The van der Waals surface area contributed by atoms with Gasteiger partial charge in [-0.2, -0.15) is 4.31 Å². The van der Waals surface area contributed by atoms with Crippen molar-refractivity contribution < 1.29 is 31.1 Å². The molecule has 0 saturated carbocycles. The molecular weight excluding hydrogens is 435 g/mol. The van der Waals surface area contributed by atoms with Gasteiger partial charge in [-0.05, 0) is 45.4 Å². The lowest BCUT2D eigenvalue weighted by molar-refractivity contribution is -0.274. The Balaban J connectivity index is 1.91. The zero-order chi connectivity index (χ0) is 23.2. The van der Waals surface area contributed by atoms with Gasteiger partial charge in [0.1, 0.15) is 5.75 Å². The highest BCUT2D eigenvalue weighted by Crippen LogP contribution is 2.28. The first-order valence-corrected chi connectivity index (χ1v) is 11.8. The Labute approximate surface area is 181 Å². The fourth-order valence-electron chi connectivity index (χ4n) is 3.59. The van der Waals surface area contributed by atoms with Crippen molar-refractivity contribution in [2.75, 3.05) is 32.7 Å². The van der Waals surface area contributed by atoms with Crippen LogP contribution in [0.4, 0.5) is 13.2 Å². The molecular formula is C20H30F3N3O4S. The number of carbonyl (C=O) groups excluding carboxylic acids is 1. The van der Waals surface area contributed by atoms with E-state index in [2.05, 4.69) is 35.7 Å². The third-order valence-electron chi connectivity index (χ3n) is 5.34. The van der Waals surface area contributed by atoms with Crippen molar-refractivity contribution in [2.24, 2.45) is 5.92 Å². The van der Waals surface area contributed by atoms with Crippen LogP contribution in [0.25, 0.3) is 0 Å². The molecule has 1 aliphatic rings. The van der Waals surface area contributed by atoms with E-state index in [0.29, 0.717) is 25.4 Å². The summed E-state index contributed by atoms with van der Waals surface area (Å²) in [6.45, 7) is 8.63. The summed E-state index contributed by atoms with van der Waals surface area (Å²) >= 11 is 0. The third-order valence-corrected chi connectivity index (χ3v) is 7.23. The van der Waals surface area contributed by atoms with Crippen LogP contribution < -0.4 is 10.1 Å². The number of carbonyl (C=O) groups is 1. The summed E-state index contributed by atoms with van der Waals surface area (Å²) in [6, 6.07) is 4.71. The molecule has 7 nitrogen and oxygen atoms in total. The van der Waals surface area contributed by atoms with Gasteiger partial charge in [-0.25, -0.2) is 8.42 Å². The maximum atomic E-state index is 12.8. The zero-order valence-corrected chi connectivity index (χ0v) is 18.8. The van der Waals surface area contributed by atoms with E-state index in [0.717, 1.165) is 25.2 Å². The van der Waals surface area contributed by atoms with E-state index in [4.69, 9.17) is 0 Å². The second-order valence-corrected chi connectivity index (χ2v) is 9.65. The van der Waals surface area contributed by atoms with Gasteiger partial charge in [0.2, 0.25) is 15.9 Å². The minimum atomic E-state index is -4.91. The molecule has 31 heavy (non-hydrogen) atoms. The molecule has 2 rings (SSSR count). The number of alkyl halides is 3. The van der Waals surface area contributed by atoms with Crippen molar-refractivity contribution in [1.82, 2.24) is 14.5 Å². The number of rotatable bonds is 9. The van der Waals surface area contributed by atoms with Gasteiger partial charge in [0.15, 0.2) is 0 Å². The second-order valence-electron chi connectivity index (χ2n) is 7.71. The number of amides is 1. The number of nitrogens with one attached hydrogen (secondary N) is 1. The predicted octanol–water partition coefficient (Wildman–Crippen LogP) is 2.83. The van der Waals surface area contributed by atoms with Crippen LogP contribution in [0.15, 0.2) is 29.2 Å². The first-order chi connectivity index (χ1) is 14.4. The molecule has 0 radical (unpaired) electrons. The summed E-state index contributed by atoms with van der Waals surface area (Å²) in [6.07, 6.45) is -4.20. The van der Waals surface area contributed by atoms with E-state index < -0.39 is 22.1 Å². The maximum Gasteiger partial charge on any atom is 0.573 e. The standard InChI is InChI=1S/C20H30F3N3O4S/c1-4-25(15(2)3)13-10-24-19(27)16-8-11-26(12-9-16)31(28,29)18-7-5-6-17(14-18)30-20(21,22)23/h5-7,14-16H,4,8-13H2,1-3H3,(H,24,27). The van der Waals surface area contributed by atoms with E-state index in [1.165, 1.54) is 16.4 Å². The Morgan fingerprint density at radius 3 is 2.48 bits per heavy atom. The van der Waals surface area contributed by atoms with Gasteiger partial charge < -0.3 is 10.1 Å². The molecule has 1 aromatic carbocycles.